The Morgan fingerprint density at radius 2 is 1.57 bits per heavy atom. The van der Waals surface area contributed by atoms with Gasteiger partial charge in [0.05, 0.1) is 5.56 Å². The topological polar surface area (TPSA) is 9.23 Å². The van der Waals surface area contributed by atoms with Crippen LogP contribution in [0.1, 0.15) is 61.6 Å². The van der Waals surface area contributed by atoms with Crippen molar-refractivity contribution in [1.29, 1.82) is 0 Å². The van der Waals surface area contributed by atoms with Crippen molar-refractivity contribution in [3.63, 3.8) is 0 Å². The summed E-state index contributed by atoms with van der Waals surface area (Å²) in [4.78, 5) is 0. The molecule has 0 radical (unpaired) electrons. The minimum atomic E-state index is -4.70. The van der Waals surface area contributed by atoms with E-state index in [4.69, 9.17) is 0 Å². The van der Waals surface area contributed by atoms with E-state index in [9.17, 15) is 22.0 Å². The number of hydrogen-bond acceptors (Lipinski definition) is 1. The molecular weight excluding hydrogens is 399 g/mol. The molecule has 0 atom stereocenters. The predicted octanol–water partition coefficient (Wildman–Crippen LogP) is 7.14. The van der Waals surface area contributed by atoms with E-state index in [2.05, 4.69) is 16.6 Å². The van der Waals surface area contributed by atoms with E-state index >= 15 is 0 Å². The average molecular weight is 422 g/mol. The van der Waals surface area contributed by atoms with Crippen molar-refractivity contribution < 1.29 is 26.7 Å². The second kappa shape index (κ2) is 9.51. The standard InChI is InChI=1S/C24H23F5O/c1-2-3-17-14-22(25)21(23(26)15-17)13-6-16-4-7-18(8-5-16)19-9-11-20(12-10-19)30-24(27,28)29/h9-12,14-16,18H,2-5,7-8H2,1H3. The summed E-state index contributed by atoms with van der Waals surface area (Å²) < 4.78 is 69.0. The molecule has 0 amide bonds. The molecule has 0 spiro atoms. The molecule has 1 nitrogen and oxygen atoms in total. The number of hydrogen-bond donors (Lipinski definition) is 0. The van der Waals surface area contributed by atoms with Crippen LogP contribution in [-0.2, 0) is 6.42 Å². The molecule has 0 aliphatic heterocycles. The summed E-state index contributed by atoms with van der Waals surface area (Å²) in [5, 5.41) is 0. The Morgan fingerprint density at radius 1 is 0.967 bits per heavy atom. The number of halogens is 5. The third-order valence-corrected chi connectivity index (χ3v) is 5.35. The highest BCUT2D eigenvalue weighted by Gasteiger charge is 2.31. The monoisotopic (exact) mass is 422 g/mol. The van der Waals surface area contributed by atoms with Crippen LogP contribution in [0.3, 0.4) is 0 Å². The largest absolute Gasteiger partial charge is 0.573 e. The number of aryl methyl sites for hydroxylation is 1. The lowest BCUT2D eigenvalue weighted by Gasteiger charge is -2.26. The van der Waals surface area contributed by atoms with Gasteiger partial charge in [-0.2, -0.15) is 0 Å². The summed E-state index contributed by atoms with van der Waals surface area (Å²) in [5.74, 6) is 4.47. The minimum Gasteiger partial charge on any atom is -0.406 e. The molecule has 2 aromatic carbocycles. The molecule has 2 aromatic rings. The zero-order valence-corrected chi connectivity index (χ0v) is 16.7. The normalized spacial score (nSPS) is 19.1. The molecule has 3 rings (SSSR count). The summed E-state index contributed by atoms with van der Waals surface area (Å²) in [6.45, 7) is 1.95. The van der Waals surface area contributed by atoms with Crippen LogP contribution in [0.5, 0.6) is 5.75 Å². The van der Waals surface area contributed by atoms with Crippen molar-refractivity contribution in [3.05, 3.63) is 64.7 Å². The zero-order chi connectivity index (χ0) is 21.7. The SMILES string of the molecule is CCCc1cc(F)c(C#CC2CCC(c3ccc(OC(F)(F)F)cc3)CC2)c(F)c1. The van der Waals surface area contributed by atoms with Gasteiger partial charge in [0.15, 0.2) is 0 Å². The molecule has 160 valence electrons. The molecular formula is C24H23F5O. The van der Waals surface area contributed by atoms with Gasteiger partial charge in [0.1, 0.15) is 17.4 Å². The Labute approximate surface area is 173 Å². The smallest absolute Gasteiger partial charge is 0.406 e. The molecule has 30 heavy (non-hydrogen) atoms. The van der Waals surface area contributed by atoms with Gasteiger partial charge in [-0.15, -0.1) is 13.2 Å². The Kier molecular flexibility index (Phi) is 7.02. The average Bonchev–Trinajstić information content (AvgIpc) is 2.67. The molecule has 0 bridgehead atoms. The second-order valence-corrected chi connectivity index (χ2v) is 7.62. The van der Waals surface area contributed by atoms with Crippen LogP contribution in [0.15, 0.2) is 36.4 Å². The second-order valence-electron chi connectivity index (χ2n) is 7.62. The van der Waals surface area contributed by atoms with Gasteiger partial charge >= 0.3 is 6.36 Å². The van der Waals surface area contributed by atoms with Gasteiger partial charge in [-0.05, 0) is 73.4 Å². The van der Waals surface area contributed by atoms with Crippen molar-refractivity contribution in [2.45, 2.75) is 57.7 Å². The highest BCUT2D eigenvalue weighted by Crippen LogP contribution is 2.36. The van der Waals surface area contributed by atoms with Crippen LogP contribution >= 0.6 is 0 Å². The first-order chi connectivity index (χ1) is 14.2. The highest BCUT2D eigenvalue weighted by atomic mass is 19.4. The van der Waals surface area contributed by atoms with Crippen LogP contribution in [0.2, 0.25) is 0 Å². The van der Waals surface area contributed by atoms with E-state index < -0.39 is 18.0 Å². The first-order valence-corrected chi connectivity index (χ1v) is 10.1. The van der Waals surface area contributed by atoms with Gasteiger partial charge in [-0.3, -0.25) is 0 Å². The van der Waals surface area contributed by atoms with Crippen molar-refractivity contribution in [3.8, 4) is 17.6 Å². The summed E-state index contributed by atoms with van der Waals surface area (Å²) in [6.07, 6.45) is -0.0860. The lowest BCUT2D eigenvalue weighted by atomic mass is 9.79. The molecule has 0 heterocycles. The van der Waals surface area contributed by atoms with Gasteiger partial charge < -0.3 is 4.74 Å². The summed E-state index contributed by atoms with van der Waals surface area (Å²) in [5.41, 5.74) is 1.40. The Hall–Kier alpha value is -2.55. The molecule has 1 fully saturated rings. The zero-order valence-electron chi connectivity index (χ0n) is 16.7. The van der Waals surface area contributed by atoms with Crippen LogP contribution in [0, 0.1) is 29.4 Å². The van der Waals surface area contributed by atoms with Gasteiger partial charge in [0.25, 0.3) is 0 Å². The molecule has 1 saturated carbocycles. The van der Waals surface area contributed by atoms with Crippen molar-refractivity contribution >= 4 is 0 Å². The highest BCUT2D eigenvalue weighted by molar-refractivity contribution is 5.40. The molecule has 0 N–H and O–H groups in total. The van der Waals surface area contributed by atoms with Crippen LogP contribution in [0.25, 0.3) is 0 Å². The van der Waals surface area contributed by atoms with E-state index in [0.717, 1.165) is 37.7 Å². The fourth-order valence-corrected chi connectivity index (χ4v) is 3.87. The van der Waals surface area contributed by atoms with Gasteiger partial charge in [0.2, 0.25) is 0 Å². The van der Waals surface area contributed by atoms with Gasteiger partial charge in [0, 0.05) is 5.92 Å². The maximum Gasteiger partial charge on any atom is 0.573 e. The number of ether oxygens (including phenoxy) is 1. The van der Waals surface area contributed by atoms with Crippen LogP contribution in [-0.4, -0.2) is 6.36 Å². The molecule has 6 heteroatoms. The fraction of sp³-hybridized carbons (Fsp3) is 0.417. The lowest BCUT2D eigenvalue weighted by molar-refractivity contribution is -0.274. The van der Waals surface area contributed by atoms with Crippen molar-refractivity contribution in [1.82, 2.24) is 0 Å². The Bertz CT molecular complexity index is 890. The lowest BCUT2D eigenvalue weighted by Crippen LogP contribution is -2.17. The quantitative estimate of drug-likeness (QED) is 0.376. The van der Waals surface area contributed by atoms with Gasteiger partial charge in [-0.25, -0.2) is 8.78 Å². The first kappa shape index (κ1) is 22.1. The maximum atomic E-state index is 14.2. The number of benzene rings is 2. The van der Waals surface area contributed by atoms with E-state index in [1.54, 1.807) is 12.1 Å². The predicted molar refractivity (Wildman–Crippen MR) is 105 cm³/mol. The molecule has 0 saturated heterocycles. The first-order valence-electron chi connectivity index (χ1n) is 10.1. The van der Waals surface area contributed by atoms with E-state index in [-0.39, 0.29) is 23.1 Å². The molecule has 0 unspecified atom stereocenters. The Balaban J connectivity index is 1.59. The minimum absolute atomic E-state index is 0.0446. The Morgan fingerprint density at radius 3 is 2.10 bits per heavy atom. The van der Waals surface area contributed by atoms with Crippen LogP contribution < -0.4 is 4.74 Å². The molecule has 1 aliphatic rings. The third kappa shape index (κ3) is 5.98. The summed E-state index contributed by atoms with van der Waals surface area (Å²) >= 11 is 0. The van der Waals surface area contributed by atoms with Crippen LogP contribution in [0.4, 0.5) is 22.0 Å². The molecule has 0 aromatic heterocycles. The van der Waals surface area contributed by atoms with Crippen molar-refractivity contribution in [2.75, 3.05) is 0 Å². The molecule has 1 aliphatic carbocycles. The van der Waals surface area contributed by atoms with E-state index in [0.29, 0.717) is 12.0 Å². The van der Waals surface area contributed by atoms with E-state index in [1.807, 2.05) is 6.92 Å². The summed E-state index contributed by atoms with van der Waals surface area (Å²) in [7, 11) is 0. The fourth-order valence-electron chi connectivity index (χ4n) is 3.87. The van der Waals surface area contributed by atoms with Gasteiger partial charge in [-0.1, -0.05) is 37.3 Å². The maximum absolute atomic E-state index is 14.2. The summed E-state index contributed by atoms with van der Waals surface area (Å²) in [6, 6.07) is 8.64. The van der Waals surface area contributed by atoms with E-state index in [1.165, 1.54) is 24.3 Å². The third-order valence-electron chi connectivity index (χ3n) is 5.35. The number of alkyl halides is 3. The number of rotatable bonds is 4. The van der Waals surface area contributed by atoms with Crippen molar-refractivity contribution in [2.24, 2.45) is 5.92 Å².